The van der Waals surface area contributed by atoms with Crippen molar-refractivity contribution in [2.45, 2.75) is 20.3 Å². The lowest BCUT2D eigenvalue weighted by molar-refractivity contribution is 0.191. The molecule has 110 valence electrons. The topological polar surface area (TPSA) is 58.4 Å². The van der Waals surface area contributed by atoms with E-state index in [1.807, 2.05) is 19.9 Å². The third-order valence-electron chi connectivity index (χ3n) is 3.10. The summed E-state index contributed by atoms with van der Waals surface area (Å²) in [6, 6.07) is 4.23. The molecule has 1 rings (SSSR count). The predicted molar refractivity (Wildman–Crippen MR) is 79.0 cm³/mol. The van der Waals surface area contributed by atoms with Crippen molar-refractivity contribution in [1.29, 1.82) is 5.26 Å². The van der Waals surface area contributed by atoms with Gasteiger partial charge in [0.25, 0.3) is 0 Å². The molecule has 0 aliphatic heterocycles. The van der Waals surface area contributed by atoms with E-state index >= 15 is 0 Å². The quantitative estimate of drug-likeness (QED) is 0.681. The van der Waals surface area contributed by atoms with E-state index in [2.05, 4.69) is 16.0 Å². The maximum absolute atomic E-state index is 9.36. The molecule has 1 heterocycles. The van der Waals surface area contributed by atoms with Crippen LogP contribution < -0.4 is 4.90 Å². The van der Waals surface area contributed by atoms with Crippen LogP contribution in [0.25, 0.3) is 0 Å². The Labute approximate surface area is 121 Å². The van der Waals surface area contributed by atoms with Crippen LogP contribution in [0.15, 0.2) is 6.07 Å². The predicted octanol–water partition coefficient (Wildman–Crippen LogP) is 2.06. The van der Waals surface area contributed by atoms with Gasteiger partial charge >= 0.3 is 0 Å². The zero-order valence-corrected chi connectivity index (χ0v) is 12.8. The maximum atomic E-state index is 9.36. The minimum atomic E-state index is 0.623. The molecular formula is C15H23N3O2. The summed E-state index contributed by atoms with van der Waals surface area (Å²) in [5.41, 5.74) is 3.28. The largest absolute Gasteiger partial charge is 0.385 e. The molecule has 1 aromatic rings. The van der Waals surface area contributed by atoms with E-state index in [0.717, 1.165) is 36.6 Å². The van der Waals surface area contributed by atoms with Gasteiger partial charge < -0.3 is 14.4 Å². The highest BCUT2D eigenvalue weighted by Gasteiger charge is 2.14. The second-order valence-electron chi connectivity index (χ2n) is 4.68. The number of methoxy groups -OCH3 is 2. The molecule has 0 atom stereocenters. The van der Waals surface area contributed by atoms with Crippen LogP contribution in [0, 0.1) is 25.2 Å². The molecule has 0 radical (unpaired) electrons. The number of hydrogen-bond acceptors (Lipinski definition) is 5. The molecule has 0 aromatic carbocycles. The molecule has 0 bridgehead atoms. The Morgan fingerprint density at radius 3 is 2.50 bits per heavy atom. The number of aryl methyl sites for hydroxylation is 2. The van der Waals surface area contributed by atoms with Crippen LogP contribution in [0.2, 0.25) is 0 Å². The molecule has 1 aromatic heterocycles. The Hall–Kier alpha value is -1.64. The third kappa shape index (κ3) is 4.48. The van der Waals surface area contributed by atoms with Gasteiger partial charge in [-0.05, 0) is 26.3 Å². The zero-order valence-electron chi connectivity index (χ0n) is 12.8. The highest BCUT2D eigenvalue weighted by Crippen LogP contribution is 2.23. The van der Waals surface area contributed by atoms with Crippen LogP contribution in [-0.2, 0) is 9.47 Å². The van der Waals surface area contributed by atoms with Gasteiger partial charge in [-0.25, -0.2) is 0 Å². The van der Waals surface area contributed by atoms with Gasteiger partial charge in [-0.1, -0.05) is 0 Å². The smallest absolute Gasteiger partial charge is 0.103 e. The second kappa shape index (κ2) is 8.51. The van der Waals surface area contributed by atoms with E-state index in [1.54, 1.807) is 14.2 Å². The van der Waals surface area contributed by atoms with Crippen LogP contribution in [0.4, 0.5) is 5.69 Å². The first kappa shape index (κ1) is 16.4. The first-order valence-electron chi connectivity index (χ1n) is 6.75. The lowest BCUT2D eigenvalue weighted by Gasteiger charge is -2.26. The highest BCUT2D eigenvalue weighted by molar-refractivity contribution is 5.61. The summed E-state index contributed by atoms with van der Waals surface area (Å²) in [6.45, 7) is 6.72. The molecule has 0 N–H and O–H groups in total. The van der Waals surface area contributed by atoms with E-state index in [4.69, 9.17) is 9.47 Å². The van der Waals surface area contributed by atoms with Crippen molar-refractivity contribution in [2.75, 3.05) is 45.4 Å². The fourth-order valence-electron chi connectivity index (χ4n) is 2.15. The van der Waals surface area contributed by atoms with E-state index in [0.29, 0.717) is 18.8 Å². The Kier molecular flexibility index (Phi) is 6.99. The molecule has 0 fully saturated rings. The summed E-state index contributed by atoms with van der Waals surface area (Å²) < 4.78 is 10.3. The van der Waals surface area contributed by atoms with Gasteiger partial charge in [0.2, 0.25) is 0 Å². The van der Waals surface area contributed by atoms with Crippen molar-refractivity contribution in [3.05, 3.63) is 23.0 Å². The summed E-state index contributed by atoms with van der Waals surface area (Å²) in [6.07, 6.45) is 0.908. The van der Waals surface area contributed by atoms with Crippen LogP contribution in [-0.4, -0.2) is 45.5 Å². The minimum Gasteiger partial charge on any atom is -0.385 e. The van der Waals surface area contributed by atoms with Gasteiger partial charge in [0.15, 0.2) is 0 Å². The lowest BCUT2D eigenvalue weighted by Crippen LogP contribution is -2.30. The molecule has 0 amide bonds. The van der Waals surface area contributed by atoms with Crippen molar-refractivity contribution < 1.29 is 9.47 Å². The molecule has 0 spiro atoms. The van der Waals surface area contributed by atoms with Crippen LogP contribution in [0.3, 0.4) is 0 Å². The van der Waals surface area contributed by atoms with Crippen molar-refractivity contribution in [3.8, 4) is 6.07 Å². The van der Waals surface area contributed by atoms with Crippen LogP contribution in [0.5, 0.6) is 0 Å². The summed E-state index contributed by atoms with van der Waals surface area (Å²) in [7, 11) is 3.38. The Balaban J connectivity index is 3.02. The zero-order chi connectivity index (χ0) is 15.0. The van der Waals surface area contributed by atoms with Crippen molar-refractivity contribution in [2.24, 2.45) is 0 Å². The van der Waals surface area contributed by atoms with E-state index < -0.39 is 0 Å². The fraction of sp³-hybridized carbons (Fsp3) is 0.600. The number of hydrogen-bond donors (Lipinski definition) is 0. The first-order valence-corrected chi connectivity index (χ1v) is 6.75. The normalized spacial score (nSPS) is 10.3. The molecule has 0 aliphatic carbocycles. The van der Waals surface area contributed by atoms with Crippen molar-refractivity contribution in [3.63, 3.8) is 0 Å². The Bertz CT molecular complexity index is 469. The fourth-order valence-corrected chi connectivity index (χ4v) is 2.15. The van der Waals surface area contributed by atoms with E-state index in [1.165, 1.54) is 0 Å². The first-order chi connectivity index (χ1) is 9.63. The van der Waals surface area contributed by atoms with Crippen molar-refractivity contribution in [1.82, 2.24) is 4.98 Å². The van der Waals surface area contributed by atoms with Gasteiger partial charge in [-0.15, -0.1) is 0 Å². The number of pyridine rings is 1. The number of nitriles is 1. The second-order valence-corrected chi connectivity index (χ2v) is 4.68. The monoisotopic (exact) mass is 277 g/mol. The molecule has 0 saturated heterocycles. The molecule has 20 heavy (non-hydrogen) atoms. The average molecular weight is 277 g/mol. The standard InChI is InChI=1S/C15H23N3O2/c1-12-10-15(14(11-16)13(2)17-12)18(7-9-20-4)6-5-8-19-3/h10H,5-9H2,1-4H3. The maximum Gasteiger partial charge on any atom is 0.103 e. The molecule has 5 nitrogen and oxygen atoms in total. The summed E-state index contributed by atoms with van der Waals surface area (Å²) in [5, 5.41) is 9.36. The number of ether oxygens (including phenoxy) is 2. The van der Waals surface area contributed by atoms with Gasteiger partial charge in [-0.2, -0.15) is 5.26 Å². The third-order valence-corrected chi connectivity index (χ3v) is 3.10. The van der Waals surface area contributed by atoms with Crippen LogP contribution in [0.1, 0.15) is 23.4 Å². The Morgan fingerprint density at radius 2 is 1.90 bits per heavy atom. The summed E-state index contributed by atoms with van der Waals surface area (Å²) in [5.74, 6) is 0. The van der Waals surface area contributed by atoms with Crippen molar-refractivity contribution >= 4 is 5.69 Å². The van der Waals surface area contributed by atoms with Gasteiger partial charge in [0.05, 0.1) is 23.6 Å². The lowest BCUT2D eigenvalue weighted by atomic mass is 10.1. The number of nitrogens with zero attached hydrogens (tertiary/aromatic N) is 3. The highest BCUT2D eigenvalue weighted by atomic mass is 16.5. The summed E-state index contributed by atoms with van der Waals surface area (Å²) in [4.78, 5) is 6.53. The number of anilines is 1. The SMILES string of the molecule is COCCCN(CCOC)c1cc(C)nc(C)c1C#N. The van der Waals surface area contributed by atoms with Crippen LogP contribution >= 0.6 is 0 Å². The molecule has 0 aliphatic rings. The van der Waals surface area contributed by atoms with Gasteiger partial charge in [0, 0.05) is 39.6 Å². The number of rotatable bonds is 8. The molecule has 5 heteroatoms. The van der Waals surface area contributed by atoms with E-state index in [-0.39, 0.29) is 0 Å². The minimum absolute atomic E-state index is 0.623. The van der Waals surface area contributed by atoms with Gasteiger partial charge in [0.1, 0.15) is 6.07 Å². The Morgan fingerprint density at radius 1 is 1.20 bits per heavy atom. The molecule has 0 saturated carbocycles. The average Bonchev–Trinajstić information content (AvgIpc) is 2.42. The molecule has 0 unspecified atom stereocenters. The molecular weight excluding hydrogens is 254 g/mol. The van der Waals surface area contributed by atoms with E-state index in [9.17, 15) is 5.26 Å². The summed E-state index contributed by atoms with van der Waals surface area (Å²) >= 11 is 0. The number of aromatic nitrogens is 1. The van der Waals surface area contributed by atoms with Gasteiger partial charge in [-0.3, -0.25) is 4.98 Å².